The molecule has 1 aromatic heterocycles. The Hall–Kier alpha value is -1.82. The molecule has 122 valence electrons. The van der Waals surface area contributed by atoms with Gasteiger partial charge in [-0.25, -0.2) is 4.79 Å². The second-order valence-corrected chi connectivity index (χ2v) is 6.71. The van der Waals surface area contributed by atoms with E-state index in [0.29, 0.717) is 18.4 Å². The van der Waals surface area contributed by atoms with Crippen molar-refractivity contribution in [2.24, 2.45) is 0 Å². The molecule has 0 unspecified atom stereocenters. The molecule has 0 atom stereocenters. The highest BCUT2D eigenvalue weighted by atomic mass is 79.9. The van der Waals surface area contributed by atoms with Crippen LogP contribution in [0.2, 0.25) is 0 Å². The van der Waals surface area contributed by atoms with Gasteiger partial charge in [-0.1, -0.05) is 31.4 Å². The number of methoxy groups -OCH3 is 1. The van der Waals surface area contributed by atoms with Gasteiger partial charge in [0.05, 0.1) is 11.6 Å². The first-order valence-electron chi connectivity index (χ1n) is 7.65. The monoisotopic (exact) mass is 379 g/mol. The standard InChI is InChI=1S/C17H18BrNO4/c1-22-16(21)17(8-3-2-4-9-17)19-15(20)13-10-11-6-5-7-12(18)14(11)23-13/h5-7,10H,2-4,8-9H2,1H3,(H,19,20). The van der Waals surface area contributed by atoms with Gasteiger partial charge < -0.3 is 14.5 Å². The van der Waals surface area contributed by atoms with Gasteiger partial charge in [0.2, 0.25) is 0 Å². The van der Waals surface area contributed by atoms with Crippen molar-refractivity contribution in [1.82, 2.24) is 5.32 Å². The van der Waals surface area contributed by atoms with Gasteiger partial charge in [0, 0.05) is 5.39 Å². The lowest BCUT2D eigenvalue weighted by Gasteiger charge is -2.34. The Balaban J connectivity index is 1.88. The van der Waals surface area contributed by atoms with Gasteiger partial charge in [-0.15, -0.1) is 0 Å². The molecule has 0 aliphatic heterocycles. The van der Waals surface area contributed by atoms with Crippen molar-refractivity contribution in [2.45, 2.75) is 37.6 Å². The molecular weight excluding hydrogens is 362 g/mol. The number of para-hydroxylation sites is 1. The highest BCUT2D eigenvalue weighted by Gasteiger charge is 2.42. The van der Waals surface area contributed by atoms with Crippen LogP contribution < -0.4 is 5.32 Å². The van der Waals surface area contributed by atoms with E-state index in [1.165, 1.54) is 7.11 Å². The van der Waals surface area contributed by atoms with E-state index in [9.17, 15) is 9.59 Å². The third kappa shape index (κ3) is 3.00. The number of hydrogen-bond acceptors (Lipinski definition) is 4. The molecular formula is C17H18BrNO4. The van der Waals surface area contributed by atoms with Gasteiger partial charge in [0.25, 0.3) is 5.91 Å². The number of hydrogen-bond donors (Lipinski definition) is 1. The van der Waals surface area contributed by atoms with Gasteiger partial charge in [-0.05, 0) is 40.9 Å². The fourth-order valence-corrected chi connectivity index (χ4v) is 3.61. The number of ether oxygens (including phenoxy) is 1. The van der Waals surface area contributed by atoms with E-state index in [1.807, 2.05) is 18.2 Å². The summed E-state index contributed by atoms with van der Waals surface area (Å²) in [6.07, 6.45) is 4.03. The number of esters is 1. The van der Waals surface area contributed by atoms with E-state index < -0.39 is 5.54 Å². The predicted octanol–water partition coefficient (Wildman–Crippen LogP) is 3.80. The summed E-state index contributed by atoms with van der Waals surface area (Å²) in [6, 6.07) is 7.28. The molecule has 3 rings (SSSR count). The van der Waals surface area contributed by atoms with Crippen molar-refractivity contribution in [3.8, 4) is 0 Å². The highest BCUT2D eigenvalue weighted by Crippen LogP contribution is 2.31. The lowest BCUT2D eigenvalue weighted by Crippen LogP contribution is -2.56. The average molecular weight is 380 g/mol. The summed E-state index contributed by atoms with van der Waals surface area (Å²) in [5.74, 6) is -0.580. The number of amides is 1. The lowest BCUT2D eigenvalue weighted by molar-refractivity contribution is -0.149. The average Bonchev–Trinajstić information content (AvgIpc) is 3.01. The van der Waals surface area contributed by atoms with Crippen LogP contribution in [-0.2, 0) is 9.53 Å². The van der Waals surface area contributed by atoms with Crippen molar-refractivity contribution < 1.29 is 18.7 Å². The number of rotatable bonds is 3. The molecule has 23 heavy (non-hydrogen) atoms. The molecule has 6 heteroatoms. The van der Waals surface area contributed by atoms with Crippen molar-refractivity contribution >= 4 is 38.8 Å². The number of furan rings is 1. The first kappa shape index (κ1) is 16.1. The van der Waals surface area contributed by atoms with Crippen LogP contribution in [0.15, 0.2) is 33.2 Å². The maximum atomic E-state index is 12.6. The Labute approximate surface area is 142 Å². The van der Waals surface area contributed by atoms with Crippen LogP contribution in [0.25, 0.3) is 11.0 Å². The molecule has 1 aliphatic rings. The third-order valence-electron chi connectivity index (χ3n) is 4.36. The molecule has 1 amide bonds. The minimum atomic E-state index is -0.944. The summed E-state index contributed by atoms with van der Waals surface area (Å²) in [6.45, 7) is 0. The number of benzene rings is 1. The first-order chi connectivity index (χ1) is 11.1. The normalized spacial score (nSPS) is 17.0. The number of nitrogens with one attached hydrogen (secondary N) is 1. The lowest BCUT2D eigenvalue weighted by atomic mass is 9.81. The largest absolute Gasteiger partial charge is 0.467 e. The summed E-state index contributed by atoms with van der Waals surface area (Å²) in [5, 5.41) is 3.69. The summed E-state index contributed by atoms with van der Waals surface area (Å²) < 4.78 is 11.4. The predicted molar refractivity (Wildman–Crippen MR) is 89.2 cm³/mol. The SMILES string of the molecule is COC(=O)C1(NC(=O)c2cc3cccc(Br)c3o2)CCCCC1. The summed E-state index contributed by atoms with van der Waals surface area (Å²) in [4.78, 5) is 24.8. The molecule has 1 heterocycles. The zero-order valence-corrected chi connectivity index (χ0v) is 14.4. The number of carbonyl (C=O) groups is 2. The second-order valence-electron chi connectivity index (χ2n) is 5.86. The van der Waals surface area contributed by atoms with E-state index in [2.05, 4.69) is 21.2 Å². The fraction of sp³-hybridized carbons (Fsp3) is 0.412. The topological polar surface area (TPSA) is 68.5 Å². The summed E-state index contributed by atoms with van der Waals surface area (Å²) in [7, 11) is 1.35. The highest BCUT2D eigenvalue weighted by molar-refractivity contribution is 9.10. The number of halogens is 1. The van der Waals surface area contributed by atoms with Crippen LogP contribution in [0.3, 0.4) is 0 Å². The molecule has 0 saturated heterocycles. The van der Waals surface area contributed by atoms with Gasteiger partial charge in [0.1, 0.15) is 11.1 Å². The maximum Gasteiger partial charge on any atom is 0.331 e. The summed E-state index contributed by atoms with van der Waals surface area (Å²) in [5.41, 5.74) is -0.325. The molecule has 1 saturated carbocycles. The molecule has 1 aliphatic carbocycles. The first-order valence-corrected chi connectivity index (χ1v) is 8.44. The van der Waals surface area contributed by atoms with Crippen LogP contribution >= 0.6 is 15.9 Å². The fourth-order valence-electron chi connectivity index (χ4n) is 3.15. The molecule has 1 N–H and O–H groups in total. The molecule has 0 bridgehead atoms. The molecule has 2 aromatic rings. The Morgan fingerprint density at radius 2 is 2.00 bits per heavy atom. The van der Waals surface area contributed by atoms with Crippen LogP contribution in [0.5, 0.6) is 0 Å². The van der Waals surface area contributed by atoms with Crippen molar-refractivity contribution in [2.75, 3.05) is 7.11 Å². The van der Waals surface area contributed by atoms with Gasteiger partial charge in [-0.3, -0.25) is 4.79 Å². The Kier molecular flexibility index (Phi) is 4.43. The van der Waals surface area contributed by atoms with Crippen molar-refractivity contribution in [3.63, 3.8) is 0 Å². The third-order valence-corrected chi connectivity index (χ3v) is 4.98. The quantitative estimate of drug-likeness (QED) is 0.823. The molecule has 5 nitrogen and oxygen atoms in total. The van der Waals surface area contributed by atoms with Gasteiger partial charge in [-0.2, -0.15) is 0 Å². The zero-order valence-electron chi connectivity index (χ0n) is 12.9. The minimum Gasteiger partial charge on any atom is -0.467 e. The molecule has 0 radical (unpaired) electrons. The van der Waals surface area contributed by atoms with E-state index in [-0.39, 0.29) is 17.6 Å². The van der Waals surface area contributed by atoms with Gasteiger partial charge >= 0.3 is 5.97 Å². The van der Waals surface area contributed by atoms with Crippen LogP contribution in [-0.4, -0.2) is 24.5 Å². The Morgan fingerprint density at radius 3 is 2.65 bits per heavy atom. The molecule has 1 aromatic carbocycles. The second kappa shape index (κ2) is 6.35. The van der Waals surface area contributed by atoms with Crippen LogP contribution in [0.1, 0.15) is 42.7 Å². The summed E-state index contributed by atoms with van der Waals surface area (Å²) >= 11 is 3.40. The zero-order chi connectivity index (χ0) is 16.4. The minimum absolute atomic E-state index is 0.195. The smallest absolute Gasteiger partial charge is 0.331 e. The van der Waals surface area contributed by atoms with E-state index in [0.717, 1.165) is 29.1 Å². The number of carbonyl (C=O) groups excluding carboxylic acids is 2. The van der Waals surface area contributed by atoms with E-state index in [1.54, 1.807) is 6.07 Å². The Bertz CT molecular complexity index is 746. The van der Waals surface area contributed by atoms with Crippen molar-refractivity contribution in [3.05, 3.63) is 34.5 Å². The molecule has 1 fully saturated rings. The van der Waals surface area contributed by atoms with Gasteiger partial charge in [0.15, 0.2) is 5.76 Å². The van der Waals surface area contributed by atoms with Crippen molar-refractivity contribution in [1.29, 1.82) is 0 Å². The van der Waals surface area contributed by atoms with Crippen LogP contribution in [0.4, 0.5) is 0 Å². The van der Waals surface area contributed by atoms with Crippen LogP contribution in [0, 0.1) is 0 Å². The number of fused-ring (bicyclic) bond motifs is 1. The maximum absolute atomic E-state index is 12.6. The Morgan fingerprint density at radius 1 is 1.26 bits per heavy atom. The van der Waals surface area contributed by atoms with E-state index >= 15 is 0 Å². The van der Waals surface area contributed by atoms with E-state index in [4.69, 9.17) is 9.15 Å². The molecule has 0 spiro atoms.